The molecule has 0 bridgehead atoms. The number of carbonyl (C=O) groups is 1. The zero-order chi connectivity index (χ0) is 12.1. The third kappa shape index (κ3) is 3.14. The molecular weight excluding hydrogens is 228 g/mol. The molecule has 1 amide bonds. The number of anilines is 1. The van der Waals surface area contributed by atoms with E-state index in [9.17, 15) is 4.79 Å². The normalized spacial score (nSPS) is 14.4. The Bertz CT molecular complexity index is 351. The van der Waals surface area contributed by atoms with Gasteiger partial charge in [0, 0.05) is 17.4 Å². The number of thioether (sulfide) groups is 1. The number of aliphatic hydroxyl groups is 1. The SMILES string of the molecule is CSC(CO)C(C)NC(=O)c1cc(N)n[nH]1. The first-order valence-electron chi connectivity index (χ1n) is 4.84. The number of aliphatic hydroxyl groups excluding tert-OH is 1. The quantitative estimate of drug-likeness (QED) is 0.576. The van der Waals surface area contributed by atoms with Crippen LogP contribution in [0.5, 0.6) is 0 Å². The van der Waals surface area contributed by atoms with Gasteiger partial charge in [-0.25, -0.2) is 0 Å². The molecule has 0 radical (unpaired) electrons. The number of carbonyl (C=O) groups excluding carboxylic acids is 1. The lowest BCUT2D eigenvalue weighted by Gasteiger charge is -2.20. The van der Waals surface area contributed by atoms with Gasteiger partial charge < -0.3 is 16.2 Å². The summed E-state index contributed by atoms with van der Waals surface area (Å²) in [5.74, 6) is 0.00516. The molecule has 0 aliphatic heterocycles. The van der Waals surface area contributed by atoms with Crippen molar-refractivity contribution < 1.29 is 9.90 Å². The second kappa shape index (κ2) is 5.76. The number of rotatable bonds is 5. The van der Waals surface area contributed by atoms with Gasteiger partial charge in [0.2, 0.25) is 0 Å². The smallest absolute Gasteiger partial charge is 0.269 e. The minimum absolute atomic E-state index is 0.0216. The summed E-state index contributed by atoms with van der Waals surface area (Å²) in [6.45, 7) is 1.86. The van der Waals surface area contributed by atoms with E-state index in [-0.39, 0.29) is 29.6 Å². The Hall–Kier alpha value is -1.21. The van der Waals surface area contributed by atoms with E-state index in [2.05, 4.69) is 15.5 Å². The molecule has 2 atom stereocenters. The second-order valence-corrected chi connectivity index (χ2v) is 4.50. The maximum atomic E-state index is 11.7. The summed E-state index contributed by atoms with van der Waals surface area (Å²) >= 11 is 1.51. The molecule has 0 spiro atoms. The fourth-order valence-electron chi connectivity index (χ4n) is 1.27. The Labute approximate surface area is 98.0 Å². The highest BCUT2D eigenvalue weighted by Crippen LogP contribution is 2.11. The van der Waals surface area contributed by atoms with E-state index >= 15 is 0 Å². The Morgan fingerprint density at radius 3 is 2.94 bits per heavy atom. The van der Waals surface area contributed by atoms with Crippen LogP contribution >= 0.6 is 11.8 Å². The van der Waals surface area contributed by atoms with Gasteiger partial charge in [0.15, 0.2) is 0 Å². The number of nitrogens with two attached hydrogens (primary N) is 1. The summed E-state index contributed by atoms with van der Waals surface area (Å²) in [5.41, 5.74) is 5.71. The number of amides is 1. The summed E-state index contributed by atoms with van der Waals surface area (Å²) in [6.07, 6.45) is 1.89. The molecule has 1 aromatic rings. The van der Waals surface area contributed by atoms with E-state index in [4.69, 9.17) is 10.8 Å². The molecular formula is C9H16N4O2S. The standard InChI is InChI=1S/C9H16N4O2S/c1-5(7(4-14)16-2)11-9(15)6-3-8(10)13-12-6/h3,5,7,14H,4H2,1-2H3,(H,11,15)(H3,10,12,13). The van der Waals surface area contributed by atoms with Gasteiger partial charge in [0.25, 0.3) is 5.91 Å². The van der Waals surface area contributed by atoms with Crippen molar-refractivity contribution in [3.8, 4) is 0 Å². The minimum Gasteiger partial charge on any atom is -0.395 e. The lowest BCUT2D eigenvalue weighted by molar-refractivity contribution is 0.0931. The predicted molar refractivity (Wildman–Crippen MR) is 64.3 cm³/mol. The first-order valence-corrected chi connectivity index (χ1v) is 6.12. The van der Waals surface area contributed by atoms with Crippen molar-refractivity contribution in [3.05, 3.63) is 11.8 Å². The molecule has 0 saturated carbocycles. The fraction of sp³-hybridized carbons (Fsp3) is 0.556. The molecule has 2 unspecified atom stereocenters. The van der Waals surface area contributed by atoms with Crippen molar-refractivity contribution in [1.29, 1.82) is 0 Å². The lowest BCUT2D eigenvalue weighted by Crippen LogP contribution is -2.41. The van der Waals surface area contributed by atoms with Crippen LogP contribution in [0.3, 0.4) is 0 Å². The first kappa shape index (κ1) is 12.9. The van der Waals surface area contributed by atoms with Crippen LogP contribution in [0, 0.1) is 0 Å². The van der Waals surface area contributed by atoms with Gasteiger partial charge >= 0.3 is 0 Å². The molecule has 90 valence electrons. The summed E-state index contributed by atoms with van der Waals surface area (Å²) in [4.78, 5) is 11.7. The second-order valence-electron chi connectivity index (χ2n) is 3.43. The maximum absolute atomic E-state index is 11.7. The Balaban J connectivity index is 2.57. The highest BCUT2D eigenvalue weighted by molar-refractivity contribution is 7.99. The largest absolute Gasteiger partial charge is 0.395 e. The van der Waals surface area contributed by atoms with Crippen molar-refractivity contribution >= 4 is 23.5 Å². The maximum Gasteiger partial charge on any atom is 0.269 e. The van der Waals surface area contributed by atoms with Gasteiger partial charge in [-0.1, -0.05) is 0 Å². The van der Waals surface area contributed by atoms with Crippen molar-refractivity contribution in [1.82, 2.24) is 15.5 Å². The van der Waals surface area contributed by atoms with E-state index in [1.165, 1.54) is 17.8 Å². The van der Waals surface area contributed by atoms with Gasteiger partial charge in [-0.3, -0.25) is 9.89 Å². The van der Waals surface area contributed by atoms with Gasteiger partial charge in [-0.05, 0) is 13.2 Å². The van der Waals surface area contributed by atoms with Crippen LogP contribution in [0.25, 0.3) is 0 Å². The number of nitrogen functional groups attached to an aromatic ring is 1. The fourth-order valence-corrected chi connectivity index (χ4v) is 1.89. The van der Waals surface area contributed by atoms with Gasteiger partial charge in [0.1, 0.15) is 11.5 Å². The van der Waals surface area contributed by atoms with Gasteiger partial charge in [-0.2, -0.15) is 16.9 Å². The van der Waals surface area contributed by atoms with Crippen LogP contribution in [0.15, 0.2) is 6.07 Å². The molecule has 0 saturated heterocycles. The van der Waals surface area contributed by atoms with Crippen molar-refractivity contribution in [2.75, 3.05) is 18.6 Å². The van der Waals surface area contributed by atoms with Crippen LogP contribution < -0.4 is 11.1 Å². The molecule has 1 aromatic heterocycles. The van der Waals surface area contributed by atoms with Crippen molar-refractivity contribution in [3.63, 3.8) is 0 Å². The third-order valence-electron chi connectivity index (χ3n) is 2.24. The summed E-state index contributed by atoms with van der Waals surface area (Å²) in [6, 6.07) is 1.34. The van der Waals surface area contributed by atoms with Crippen LogP contribution in [0.4, 0.5) is 5.82 Å². The number of nitrogens with zero attached hydrogens (tertiary/aromatic N) is 1. The van der Waals surface area contributed by atoms with E-state index in [1.54, 1.807) is 0 Å². The molecule has 0 aromatic carbocycles. The van der Waals surface area contributed by atoms with Crippen LogP contribution in [0.2, 0.25) is 0 Å². The number of H-pyrrole nitrogens is 1. The summed E-state index contributed by atoms with van der Waals surface area (Å²) in [7, 11) is 0. The van der Waals surface area contributed by atoms with E-state index in [0.717, 1.165) is 0 Å². The van der Waals surface area contributed by atoms with Crippen LogP contribution in [-0.4, -0.2) is 45.4 Å². The lowest BCUT2D eigenvalue weighted by atomic mass is 10.2. The first-order chi connectivity index (χ1) is 7.58. The Kier molecular flexibility index (Phi) is 4.63. The third-order valence-corrected chi connectivity index (χ3v) is 3.40. The minimum atomic E-state index is -0.274. The number of nitrogens with one attached hydrogen (secondary N) is 2. The average Bonchev–Trinajstić information content (AvgIpc) is 2.66. The van der Waals surface area contributed by atoms with Crippen LogP contribution in [0.1, 0.15) is 17.4 Å². The van der Waals surface area contributed by atoms with E-state index in [0.29, 0.717) is 5.69 Å². The van der Waals surface area contributed by atoms with Gasteiger partial charge in [-0.15, -0.1) is 0 Å². The number of aromatic nitrogens is 2. The molecule has 7 heteroatoms. The highest BCUT2D eigenvalue weighted by Gasteiger charge is 2.18. The number of hydrogen-bond donors (Lipinski definition) is 4. The average molecular weight is 244 g/mol. The molecule has 5 N–H and O–H groups in total. The zero-order valence-electron chi connectivity index (χ0n) is 9.23. The molecule has 6 nitrogen and oxygen atoms in total. The Morgan fingerprint density at radius 2 is 2.50 bits per heavy atom. The monoisotopic (exact) mass is 244 g/mol. The Morgan fingerprint density at radius 1 is 1.81 bits per heavy atom. The van der Waals surface area contributed by atoms with Gasteiger partial charge in [0.05, 0.1) is 6.61 Å². The summed E-state index contributed by atoms with van der Waals surface area (Å²) in [5, 5.41) is 18.0. The zero-order valence-corrected chi connectivity index (χ0v) is 10.0. The molecule has 0 aliphatic rings. The van der Waals surface area contributed by atoms with E-state index in [1.807, 2.05) is 13.2 Å². The molecule has 1 heterocycles. The number of aromatic amines is 1. The van der Waals surface area contributed by atoms with Crippen molar-refractivity contribution in [2.45, 2.75) is 18.2 Å². The predicted octanol–water partition coefficient (Wildman–Crippen LogP) is -0.166. The van der Waals surface area contributed by atoms with E-state index < -0.39 is 0 Å². The highest BCUT2D eigenvalue weighted by atomic mass is 32.2. The molecule has 0 fully saturated rings. The molecule has 0 aliphatic carbocycles. The number of hydrogen-bond acceptors (Lipinski definition) is 5. The molecule has 1 rings (SSSR count). The van der Waals surface area contributed by atoms with Crippen molar-refractivity contribution in [2.24, 2.45) is 0 Å². The molecule has 16 heavy (non-hydrogen) atoms. The van der Waals surface area contributed by atoms with Crippen LogP contribution in [-0.2, 0) is 0 Å². The topological polar surface area (TPSA) is 104 Å². The summed E-state index contributed by atoms with van der Waals surface area (Å²) < 4.78 is 0.